The number of nitrogens with one attached hydrogen (secondary N) is 1. The number of nitrogens with zero attached hydrogens (tertiary/aromatic N) is 1. The Labute approximate surface area is 468 Å². The van der Waals surface area contributed by atoms with Crippen molar-refractivity contribution in [2.24, 2.45) is 0 Å². The first-order chi connectivity index (χ1) is 36.9. The lowest BCUT2D eigenvalue weighted by molar-refractivity contribution is -0.870. The molecule has 436 valence electrons. The Balaban J connectivity index is 5.38. The first-order valence-electron chi connectivity index (χ1n) is 30.7. The van der Waals surface area contributed by atoms with E-state index >= 15 is 0 Å². The number of allylic oxidation sites excluding steroid dienone is 17. The van der Waals surface area contributed by atoms with Gasteiger partial charge in [0.1, 0.15) is 19.3 Å². The fraction of sp³-hybridized carbons (Fsp3) is 0.697. The van der Waals surface area contributed by atoms with Gasteiger partial charge < -0.3 is 28.5 Å². The third-order valence-electron chi connectivity index (χ3n) is 12.9. The van der Waals surface area contributed by atoms with E-state index in [4.69, 9.17) is 13.8 Å². The number of phosphoric ester groups is 1. The van der Waals surface area contributed by atoms with Crippen LogP contribution in [0.15, 0.2) is 109 Å². The van der Waals surface area contributed by atoms with Crippen LogP contribution in [-0.4, -0.2) is 69.4 Å². The molecule has 0 fully saturated rings. The molecule has 0 bridgehead atoms. The van der Waals surface area contributed by atoms with Gasteiger partial charge in [-0.3, -0.25) is 14.2 Å². The van der Waals surface area contributed by atoms with Crippen LogP contribution in [0.25, 0.3) is 0 Å². The lowest BCUT2D eigenvalue weighted by atomic mass is 10.0. The van der Waals surface area contributed by atoms with Crippen LogP contribution in [0.2, 0.25) is 0 Å². The molecule has 1 amide bonds. The van der Waals surface area contributed by atoms with Crippen LogP contribution < -0.4 is 10.2 Å². The van der Waals surface area contributed by atoms with Gasteiger partial charge in [0, 0.05) is 12.8 Å². The smallest absolute Gasteiger partial charge is 0.306 e. The number of amides is 1. The Morgan fingerprint density at radius 1 is 0.474 bits per heavy atom. The van der Waals surface area contributed by atoms with Crippen LogP contribution in [-0.2, 0) is 27.9 Å². The van der Waals surface area contributed by atoms with Gasteiger partial charge in [0.25, 0.3) is 7.82 Å². The second kappa shape index (κ2) is 55.0. The van der Waals surface area contributed by atoms with Crippen molar-refractivity contribution >= 4 is 19.7 Å². The summed E-state index contributed by atoms with van der Waals surface area (Å²) in [5.74, 6) is -0.607. The molecule has 0 aromatic heterocycles. The molecule has 3 unspecified atom stereocenters. The minimum Gasteiger partial charge on any atom is -0.756 e. The molecule has 0 saturated heterocycles. The van der Waals surface area contributed by atoms with Gasteiger partial charge in [0.15, 0.2) is 0 Å². The lowest BCUT2D eigenvalue weighted by Gasteiger charge is -2.30. The van der Waals surface area contributed by atoms with Gasteiger partial charge in [-0.05, 0) is 115 Å². The fourth-order valence-corrected chi connectivity index (χ4v) is 8.92. The highest BCUT2D eigenvalue weighted by Crippen LogP contribution is 2.38. The van der Waals surface area contributed by atoms with Gasteiger partial charge in [-0.2, -0.15) is 0 Å². The number of esters is 1. The van der Waals surface area contributed by atoms with Crippen molar-refractivity contribution in [2.75, 3.05) is 40.9 Å². The van der Waals surface area contributed by atoms with Crippen molar-refractivity contribution in [1.29, 1.82) is 0 Å². The molecule has 0 spiro atoms. The quantitative estimate of drug-likeness (QED) is 0.0212. The zero-order chi connectivity index (χ0) is 55.7. The van der Waals surface area contributed by atoms with E-state index in [1.54, 1.807) is 0 Å². The SMILES string of the molecule is CC/C=C\C/C=C\C/C=C\C/C=C\C/C=C\C/C=C\CCCCC(=O)OC(/C=C/CCCCCCCCCCCC)C(COP(=O)([O-])OCC[N+](C)(C)C)NC(=O)CCCCCCCCC/C=C\C/C=C\CCCCC. The molecule has 76 heavy (non-hydrogen) atoms. The Bertz CT molecular complexity index is 1670. The Hall–Kier alpha value is -3.33. The molecular formula is C66H115N2O7P. The number of carbonyl (C=O) groups excluding carboxylic acids is 2. The summed E-state index contributed by atoms with van der Waals surface area (Å²) in [5, 5.41) is 3.01. The summed E-state index contributed by atoms with van der Waals surface area (Å²) in [6.45, 7) is 6.65. The van der Waals surface area contributed by atoms with Crippen molar-refractivity contribution in [3.05, 3.63) is 109 Å². The molecule has 0 radical (unpaired) electrons. The maximum atomic E-state index is 13.5. The average Bonchev–Trinajstić information content (AvgIpc) is 3.38. The molecule has 0 heterocycles. The molecule has 3 atom stereocenters. The van der Waals surface area contributed by atoms with Crippen molar-refractivity contribution in [3.63, 3.8) is 0 Å². The average molecular weight is 1080 g/mol. The van der Waals surface area contributed by atoms with Crippen LogP contribution in [0.4, 0.5) is 0 Å². The van der Waals surface area contributed by atoms with Gasteiger partial charge in [-0.15, -0.1) is 0 Å². The van der Waals surface area contributed by atoms with Crippen LogP contribution >= 0.6 is 7.82 Å². The Morgan fingerprint density at radius 2 is 0.842 bits per heavy atom. The fourth-order valence-electron chi connectivity index (χ4n) is 8.20. The van der Waals surface area contributed by atoms with Gasteiger partial charge in [-0.1, -0.05) is 227 Å². The highest BCUT2D eigenvalue weighted by atomic mass is 31.2. The summed E-state index contributed by atoms with van der Waals surface area (Å²) >= 11 is 0. The van der Waals surface area contributed by atoms with E-state index in [2.05, 4.69) is 123 Å². The molecule has 0 aromatic rings. The lowest BCUT2D eigenvalue weighted by Crippen LogP contribution is -2.47. The molecule has 9 nitrogen and oxygen atoms in total. The van der Waals surface area contributed by atoms with E-state index < -0.39 is 26.6 Å². The maximum absolute atomic E-state index is 13.5. The van der Waals surface area contributed by atoms with Crippen molar-refractivity contribution in [1.82, 2.24) is 5.32 Å². The third kappa shape index (κ3) is 55.4. The van der Waals surface area contributed by atoms with E-state index in [1.165, 1.54) is 96.3 Å². The second-order valence-corrected chi connectivity index (χ2v) is 22.9. The van der Waals surface area contributed by atoms with Gasteiger partial charge in [0.05, 0.1) is 33.8 Å². The van der Waals surface area contributed by atoms with E-state index in [0.29, 0.717) is 23.9 Å². The molecule has 0 aromatic carbocycles. The topological polar surface area (TPSA) is 114 Å². The largest absolute Gasteiger partial charge is 0.756 e. The van der Waals surface area contributed by atoms with Crippen LogP contribution in [0.5, 0.6) is 0 Å². The number of carbonyl (C=O) groups is 2. The number of hydrogen-bond donors (Lipinski definition) is 1. The predicted octanol–water partition coefficient (Wildman–Crippen LogP) is 18.3. The number of rotatable bonds is 54. The molecule has 0 aliphatic rings. The van der Waals surface area contributed by atoms with Crippen molar-refractivity contribution in [2.45, 2.75) is 258 Å². The highest BCUT2D eigenvalue weighted by Gasteiger charge is 2.27. The summed E-state index contributed by atoms with van der Waals surface area (Å²) in [5.41, 5.74) is 0. The summed E-state index contributed by atoms with van der Waals surface area (Å²) in [4.78, 5) is 40.0. The Kier molecular flexibility index (Phi) is 52.6. The monoisotopic (exact) mass is 1080 g/mol. The second-order valence-electron chi connectivity index (χ2n) is 21.5. The number of ether oxygens (including phenoxy) is 1. The summed E-state index contributed by atoms with van der Waals surface area (Å²) in [6, 6.07) is -0.917. The molecule has 0 rings (SSSR count). The first kappa shape index (κ1) is 72.7. The van der Waals surface area contributed by atoms with Crippen LogP contribution in [0.1, 0.15) is 245 Å². The van der Waals surface area contributed by atoms with E-state index in [0.717, 1.165) is 109 Å². The number of likely N-dealkylation sites (N-methyl/N-ethyl adjacent to an activating group) is 1. The van der Waals surface area contributed by atoms with Gasteiger partial charge in [0.2, 0.25) is 5.91 Å². The van der Waals surface area contributed by atoms with E-state index in [9.17, 15) is 19.0 Å². The molecular weight excluding hydrogens is 964 g/mol. The third-order valence-corrected chi connectivity index (χ3v) is 13.9. The van der Waals surface area contributed by atoms with Crippen molar-refractivity contribution in [3.8, 4) is 0 Å². The van der Waals surface area contributed by atoms with Crippen LogP contribution in [0, 0.1) is 0 Å². The number of phosphoric acid groups is 1. The molecule has 0 aliphatic carbocycles. The zero-order valence-electron chi connectivity index (χ0n) is 49.7. The minimum absolute atomic E-state index is 0.0365. The first-order valence-corrected chi connectivity index (χ1v) is 32.2. The normalized spacial score (nSPS) is 14.5. The highest BCUT2D eigenvalue weighted by molar-refractivity contribution is 7.45. The van der Waals surface area contributed by atoms with Gasteiger partial charge >= 0.3 is 5.97 Å². The molecule has 10 heteroatoms. The molecule has 0 aliphatic heterocycles. The Morgan fingerprint density at radius 3 is 1.30 bits per heavy atom. The zero-order valence-corrected chi connectivity index (χ0v) is 50.6. The number of unbranched alkanes of at least 4 members (excludes halogenated alkanes) is 22. The predicted molar refractivity (Wildman–Crippen MR) is 325 cm³/mol. The van der Waals surface area contributed by atoms with Crippen molar-refractivity contribution < 1.29 is 37.3 Å². The standard InChI is InChI=1S/C66H115N2O7P/c1-7-10-13-16-19-22-25-28-30-32-33-34-35-37-39-41-44-47-50-53-56-59-66(70)75-64(57-54-51-48-45-42-27-24-21-18-15-12-9-3)63(62-74-76(71,72)73-61-60-68(4,5)6)67-65(69)58-55-52-49-46-43-40-38-36-31-29-26-23-20-17-14-11-8-2/h10,13,19-20,22-23,28-31,33-34,37,39,44,47,54,57,63-64H,7-9,11-12,14-18,21,24-27,32,35-36,38,40-43,45-46,48-53,55-56,58-62H2,1-6H3,(H-,67,69,71,72)/b13-10-,22-19-,23-20-,30-28-,31-29-,34-33-,39-37-,47-44-,57-54+. The van der Waals surface area contributed by atoms with E-state index in [-0.39, 0.29) is 24.9 Å². The summed E-state index contributed by atoms with van der Waals surface area (Å²) in [6.07, 6.45) is 74.8. The molecule has 0 saturated carbocycles. The van der Waals surface area contributed by atoms with Crippen LogP contribution in [0.3, 0.4) is 0 Å². The number of quaternary nitrogens is 1. The van der Waals surface area contributed by atoms with Gasteiger partial charge in [-0.25, -0.2) is 0 Å². The van der Waals surface area contributed by atoms with E-state index in [1.807, 2.05) is 33.3 Å². The summed E-state index contributed by atoms with van der Waals surface area (Å²) in [7, 11) is 1.14. The summed E-state index contributed by atoms with van der Waals surface area (Å²) < 4.78 is 30.3. The minimum atomic E-state index is -4.72. The maximum Gasteiger partial charge on any atom is 0.306 e. The number of hydrogen-bond acceptors (Lipinski definition) is 7. The molecule has 1 N–H and O–H groups in total.